The van der Waals surface area contributed by atoms with E-state index < -0.39 is 181 Å². The fourth-order valence-corrected chi connectivity index (χ4v) is 19.5. The molecular weight excluding hydrogens is 1840 g/mol. The van der Waals surface area contributed by atoms with Crippen molar-refractivity contribution in [1.82, 2.24) is 26.3 Å². The number of esters is 1. The van der Waals surface area contributed by atoms with Gasteiger partial charge in [-0.3, -0.25) is 43.3 Å². The number of Topliss-reactive ketones (excluding diaryl/α,β-unsaturated/α-hetero) is 4. The molecule has 718 valence electrons. The number of aliphatic hydroxyl groups is 5. The van der Waals surface area contributed by atoms with Crippen LogP contribution in [0.25, 0.3) is 0 Å². The van der Waals surface area contributed by atoms with E-state index in [9.17, 15) is 68.7 Å². The lowest BCUT2D eigenvalue weighted by molar-refractivity contribution is -0.337. The van der Waals surface area contributed by atoms with Crippen molar-refractivity contribution in [2.45, 2.75) is 279 Å². The number of likely N-dealkylation sites (N-methyl/N-ethyl adjacent to an activating group) is 1. The Labute approximate surface area is 775 Å². The molecule has 4 amide bonds. The van der Waals surface area contributed by atoms with Crippen molar-refractivity contribution in [2.24, 2.45) is 29.2 Å². The number of primary amides is 1. The number of carbonyl (C=O) groups excluding carboxylic acids is 9. The second kappa shape index (κ2) is 54.4. The molecule has 0 spiro atoms. The number of hydrogen-bond donors (Lipinski definition) is 11. The number of halogens is 1. The van der Waals surface area contributed by atoms with Crippen molar-refractivity contribution >= 4 is 108 Å². The number of rotatable bonds is 52. The van der Waals surface area contributed by atoms with Crippen LogP contribution in [0.4, 0.5) is 4.79 Å². The lowest BCUT2D eigenvalue weighted by Gasteiger charge is -2.47. The molecule has 36 nitrogen and oxygen atoms in total. The fourth-order valence-electron chi connectivity index (χ4n) is 15.9. The van der Waals surface area contributed by atoms with E-state index >= 15 is 0 Å². The van der Waals surface area contributed by atoms with Gasteiger partial charge in [0, 0.05) is 106 Å². The third-order valence-electron chi connectivity index (χ3n) is 22.7. The summed E-state index contributed by atoms with van der Waals surface area (Å²) in [5.74, 6) is 7.46. The van der Waals surface area contributed by atoms with Gasteiger partial charge in [0.25, 0.3) is 0 Å². The maximum atomic E-state index is 14.7. The molecule has 4 fully saturated rings. The molecule has 7 rings (SSSR count). The molecule has 0 unspecified atom stereocenters. The largest absolute Gasteiger partial charge is 0.492 e. The number of amides is 4. The van der Waals surface area contributed by atoms with Crippen LogP contribution in [0.3, 0.4) is 0 Å². The lowest BCUT2D eigenvalue weighted by atomic mass is 9.72. The van der Waals surface area contributed by atoms with Crippen LogP contribution in [-0.4, -0.2) is 316 Å². The maximum absolute atomic E-state index is 14.7. The zero-order valence-electron chi connectivity index (χ0n) is 75.7. The second-order valence-corrected chi connectivity index (χ2v) is 38.0. The van der Waals surface area contributed by atoms with E-state index in [2.05, 4.69) is 45.1 Å². The first-order chi connectivity index (χ1) is 61.0. The average molecular weight is 1980 g/mol. The topological polar surface area (TPSA) is 497 Å². The summed E-state index contributed by atoms with van der Waals surface area (Å²) in [6.07, 6.45) is -12.2. The Morgan fingerprint density at radius 2 is 1.47 bits per heavy atom. The highest BCUT2D eigenvalue weighted by Gasteiger charge is 2.53. The van der Waals surface area contributed by atoms with Gasteiger partial charge in [-0.15, -0.1) is 0 Å². The predicted molar refractivity (Wildman–Crippen MR) is 483 cm³/mol. The number of unbranched alkanes of at least 4 members (excludes halogenated alkanes) is 1. The second-order valence-electron chi connectivity index (χ2n) is 32.8. The summed E-state index contributed by atoms with van der Waals surface area (Å²) < 4.78 is 85.7. The molecule has 128 heavy (non-hydrogen) atoms. The fraction of sp³-hybridized carbons (Fsp3) is 0.716. The molecule has 4 saturated heterocycles. The van der Waals surface area contributed by atoms with E-state index in [0.29, 0.717) is 60.1 Å². The number of hydrogen-bond acceptors (Lipinski definition) is 35. The van der Waals surface area contributed by atoms with Gasteiger partial charge in [-0.2, -0.15) is 5.48 Å². The molecule has 1 aromatic carbocycles. The number of ether oxygens (including phenoxy) is 14. The lowest BCUT2D eigenvalue weighted by Crippen LogP contribution is -2.65. The molecule has 4 aliphatic heterocycles. The van der Waals surface area contributed by atoms with Gasteiger partial charge in [0.1, 0.15) is 48.2 Å². The quantitative estimate of drug-likeness (QED) is 0.0105. The standard InChI is InChI=1S/C88H132IN7O29S3/c1-16-96(45-56(98)27-24-34-116-36-37-117-35-33-92-82(106)55(26-23-32-93-87(91)109)40-60(99)71(47(2)3)94-83(107)54(39-49(6)97)25-20-22-31-90)59-46-118-66(43-64(59)111-11)123-79-74(104)72(51(8)120-86(79)122-63-28-19-17-18-21-30-88(110)44-62(101)57(41-65(102)112-12)69(63)58(88)29-38-126-128-48(4)5)95-125-67-42-61(100)81(53(10)119-67)127-84(108)68-50(7)70(89)77(80(115-15)76(68)113-13)124-85-75(105)78(114-14)73(103)52(9)121-85/h17-18,29,47-48,51-55,59,61,63-64,66-67,71-75,78-79,81,85-86,95,100,103-105,110H,16,20,22-27,31-46,90H2,1-15H3,(H,92,106)(H,94,107)(H3,91,93,109)/b18-17-,58-29+/t51-,52+,53-,54-,55-,59+,61+,63+,64+,66+,67+,71+,72-,73+,74+,75-,78-,79-,81-,85+,86+,88+/m1/s1. The van der Waals surface area contributed by atoms with E-state index in [1.165, 1.54) is 65.4 Å². The van der Waals surface area contributed by atoms with Crippen LogP contribution in [-0.2, 0) is 90.5 Å². The van der Waals surface area contributed by atoms with Crippen LogP contribution in [0.15, 0.2) is 34.9 Å². The molecule has 0 saturated carbocycles. The normalized spacial score (nSPS) is 28.4. The Bertz CT molecular complexity index is 4090. The smallest absolute Gasteiger partial charge is 0.312 e. The molecule has 6 aliphatic rings. The summed E-state index contributed by atoms with van der Waals surface area (Å²) in [5.41, 5.74) is 12.4. The van der Waals surface area contributed by atoms with E-state index in [1.807, 2.05) is 48.3 Å². The van der Waals surface area contributed by atoms with Gasteiger partial charge in [0.05, 0.1) is 130 Å². The summed E-state index contributed by atoms with van der Waals surface area (Å²) in [7, 11) is 9.80. The molecule has 1 aromatic rings. The third kappa shape index (κ3) is 31.3. The van der Waals surface area contributed by atoms with Crippen LogP contribution in [0.5, 0.6) is 17.2 Å². The Hall–Kier alpha value is -5.99. The van der Waals surface area contributed by atoms with E-state index in [0.717, 1.165) is 11.8 Å². The van der Waals surface area contributed by atoms with E-state index in [1.54, 1.807) is 58.4 Å². The number of fused-ring (bicyclic) bond motifs is 2. The average Bonchev–Trinajstić information content (AvgIpc) is 0.748. The first-order valence-corrected chi connectivity index (χ1v) is 47.7. The van der Waals surface area contributed by atoms with Gasteiger partial charge in [-0.25, -0.2) is 4.79 Å². The maximum Gasteiger partial charge on any atom is 0.312 e. The molecule has 0 aromatic heterocycles. The summed E-state index contributed by atoms with van der Waals surface area (Å²) >= 11 is 2.79. The first-order valence-electron chi connectivity index (χ1n) is 43.4. The van der Waals surface area contributed by atoms with Crippen LogP contribution in [0, 0.1) is 51.9 Å². The van der Waals surface area contributed by atoms with Crippen LogP contribution >= 0.6 is 55.9 Å². The number of nitrogens with one attached hydrogen (secondary N) is 4. The Balaban J connectivity index is 1.01. The highest BCUT2D eigenvalue weighted by atomic mass is 127. The van der Waals surface area contributed by atoms with Crippen molar-refractivity contribution in [3.05, 3.63) is 49.6 Å². The number of urea groups is 1. The number of thioether (sulfide) groups is 1. The van der Waals surface area contributed by atoms with Crippen molar-refractivity contribution in [1.29, 1.82) is 0 Å². The minimum Gasteiger partial charge on any atom is -0.492 e. The number of carbonyl (C=O) groups is 9. The SMILES string of the molecule is CCN(CC(=O)CCCOCCOCCNC(=O)[C@H](CCCNC(N)=O)CC(=O)[C@@H](NC(=O)[C@H](CCCCN)CC(C)=O)C(C)C)[C@H]1CO[C@@H](O[C@H]2[C@H](O[C@H]3C#C/C=C\C#C[C@]4(O)CC(=O)C(CC(=O)OC)=C3/C4=C\CSSC(C)C)O[C@H](C)[C@@H](NO[C@H]3C[C@H](O)[C@H](SC(=O)c4c(C)c(I)c(O[C@@H]5O[C@@H](C)[C@H](O)[C@@H](OC)[C@H]5O)c(OC)c4OC)[C@@H](C)O3)[C@@H]2O)C[C@@H]1OC. The van der Waals surface area contributed by atoms with Gasteiger partial charge >= 0.3 is 12.0 Å². The highest BCUT2D eigenvalue weighted by molar-refractivity contribution is 14.1. The molecular formula is C88H132IN7O29S3. The summed E-state index contributed by atoms with van der Waals surface area (Å²) in [4.78, 5) is 129. The van der Waals surface area contributed by atoms with Gasteiger partial charge < -0.3 is 124 Å². The van der Waals surface area contributed by atoms with Gasteiger partial charge in [0.2, 0.25) is 29.0 Å². The minimum absolute atomic E-state index is 0.00448. The Morgan fingerprint density at radius 1 is 0.773 bits per heavy atom. The van der Waals surface area contributed by atoms with Crippen LogP contribution in [0.1, 0.15) is 162 Å². The summed E-state index contributed by atoms with van der Waals surface area (Å²) in [6.45, 7) is 19.3. The van der Waals surface area contributed by atoms with Crippen molar-refractivity contribution in [3.8, 4) is 40.9 Å². The van der Waals surface area contributed by atoms with Crippen molar-refractivity contribution < 1.29 is 140 Å². The van der Waals surface area contributed by atoms with Crippen LogP contribution in [0.2, 0.25) is 0 Å². The highest BCUT2D eigenvalue weighted by Crippen LogP contribution is 2.50. The van der Waals surface area contributed by atoms with Gasteiger partial charge in [-0.05, 0) is 126 Å². The van der Waals surface area contributed by atoms with Crippen LogP contribution < -0.4 is 47.1 Å². The number of hydroxylamine groups is 1. The first kappa shape index (κ1) is 109. The molecule has 2 aliphatic carbocycles. The van der Waals surface area contributed by atoms with Crippen molar-refractivity contribution in [3.63, 3.8) is 0 Å². The number of nitrogens with two attached hydrogens (primary N) is 2. The van der Waals surface area contributed by atoms with E-state index in [4.69, 9.17) is 82.6 Å². The molecule has 0 radical (unpaired) electrons. The Morgan fingerprint density at radius 3 is 2.12 bits per heavy atom. The zero-order chi connectivity index (χ0) is 94.2. The van der Waals surface area contributed by atoms with Gasteiger partial charge in [-0.1, -0.05) is 104 Å². The Kier molecular flexibility index (Phi) is 46.3. The number of methoxy groups -OCH3 is 5. The summed E-state index contributed by atoms with van der Waals surface area (Å²) in [5, 5.41) is 66.3. The number of benzene rings is 1. The van der Waals surface area contributed by atoms with Crippen molar-refractivity contribution in [2.75, 3.05) is 107 Å². The summed E-state index contributed by atoms with van der Waals surface area (Å²) in [6, 6.07) is -3.33. The predicted octanol–water partition coefficient (Wildman–Crippen LogP) is 4.68. The molecule has 22 atom stereocenters. The van der Waals surface area contributed by atoms with E-state index in [-0.39, 0.29) is 159 Å². The van der Waals surface area contributed by atoms with Gasteiger partial charge in [0.15, 0.2) is 47.5 Å². The number of aliphatic hydroxyl groups excluding tert-OH is 4. The number of ketones is 4. The minimum atomic E-state index is -2.10. The molecule has 13 N–H and O–H groups in total. The molecule has 2 bridgehead atoms. The molecule has 40 heteroatoms. The number of allylic oxidation sites excluding steroid dienone is 2. The monoisotopic (exact) mass is 1970 g/mol. The number of nitrogens with zero attached hydrogens (tertiary/aromatic N) is 1. The zero-order valence-corrected chi connectivity index (χ0v) is 80.3. The molecule has 4 heterocycles. The third-order valence-corrected chi connectivity index (χ3v) is 28.1.